The molecular formula is C13H20N2O2S. The van der Waals surface area contributed by atoms with Crippen LogP contribution in [0.4, 0.5) is 0 Å². The minimum Gasteiger partial charge on any atom is -0.379 e. The fourth-order valence-electron chi connectivity index (χ4n) is 2.35. The summed E-state index contributed by atoms with van der Waals surface area (Å²) in [6.45, 7) is 6.74. The Labute approximate surface area is 113 Å². The molecule has 5 heteroatoms. The highest BCUT2D eigenvalue weighted by Gasteiger charge is 2.13. The van der Waals surface area contributed by atoms with Crippen molar-refractivity contribution in [3.8, 4) is 0 Å². The van der Waals surface area contributed by atoms with Crippen LogP contribution in [0.15, 0.2) is 6.07 Å². The number of thiol groups is 1. The van der Waals surface area contributed by atoms with Crippen molar-refractivity contribution in [2.45, 2.75) is 19.8 Å². The zero-order valence-electron chi connectivity index (χ0n) is 10.7. The van der Waals surface area contributed by atoms with Crippen molar-refractivity contribution in [1.82, 2.24) is 9.88 Å². The molecule has 0 radical (unpaired) electrons. The Kier molecular flexibility index (Phi) is 4.86. The van der Waals surface area contributed by atoms with Crippen molar-refractivity contribution >= 4 is 17.7 Å². The highest BCUT2D eigenvalue weighted by Crippen LogP contribution is 2.15. The molecule has 0 amide bonds. The van der Waals surface area contributed by atoms with Crippen LogP contribution in [0.1, 0.15) is 28.2 Å². The summed E-state index contributed by atoms with van der Waals surface area (Å²) >= 11 is 3.90. The van der Waals surface area contributed by atoms with Gasteiger partial charge in [-0.3, -0.25) is 9.69 Å². The normalized spacial score (nSPS) is 17.0. The molecule has 0 aliphatic carbocycles. The monoisotopic (exact) mass is 268 g/mol. The van der Waals surface area contributed by atoms with E-state index in [1.165, 1.54) is 0 Å². The average Bonchev–Trinajstić information content (AvgIpc) is 2.72. The summed E-state index contributed by atoms with van der Waals surface area (Å²) in [7, 11) is 0. The van der Waals surface area contributed by atoms with Gasteiger partial charge in [0.05, 0.1) is 18.9 Å². The van der Waals surface area contributed by atoms with Gasteiger partial charge in [-0.15, -0.1) is 0 Å². The van der Waals surface area contributed by atoms with Crippen LogP contribution in [0.5, 0.6) is 0 Å². The molecule has 4 nitrogen and oxygen atoms in total. The summed E-state index contributed by atoms with van der Waals surface area (Å²) in [5.41, 5.74) is 2.76. The Hall–Kier alpha value is -0.780. The second-order valence-corrected chi connectivity index (χ2v) is 5.12. The number of hydrogen-bond donors (Lipinski definition) is 2. The molecule has 1 saturated heterocycles. The Balaban J connectivity index is 1.84. The molecule has 18 heavy (non-hydrogen) atoms. The number of carbonyl (C=O) groups is 1. The standard InChI is InChI=1S/C13H20N2O2S/c1-10-9-11(12(14-10)13(16)18)3-2-4-15-5-7-17-8-6-15/h9,14H,2-8H2,1H3,(H,16,18). The van der Waals surface area contributed by atoms with Crippen molar-refractivity contribution in [2.75, 3.05) is 32.8 Å². The van der Waals surface area contributed by atoms with E-state index in [0.29, 0.717) is 5.69 Å². The van der Waals surface area contributed by atoms with Crippen LogP contribution >= 0.6 is 12.6 Å². The first kappa shape index (κ1) is 13.6. The van der Waals surface area contributed by atoms with Crippen molar-refractivity contribution in [3.05, 3.63) is 23.0 Å². The van der Waals surface area contributed by atoms with Crippen LogP contribution in [0.3, 0.4) is 0 Å². The molecule has 1 fully saturated rings. The fourth-order valence-corrected chi connectivity index (χ4v) is 2.55. The van der Waals surface area contributed by atoms with Gasteiger partial charge in [0.25, 0.3) is 0 Å². The molecule has 0 aromatic carbocycles. The molecule has 100 valence electrons. The van der Waals surface area contributed by atoms with E-state index in [9.17, 15) is 4.79 Å². The summed E-state index contributed by atoms with van der Waals surface area (Å²) in [5, 5.41) is -0.176. The molecule has 1 aromatic heterocycles. The molecule has 1 aliphatic heterocycles. The summed E-state index contributed by atoms with van der Waals surface area (Å²) in [6, 6.07) is 2.04. The number of carbonyl (C=O) groups excluding carboxylic acids is 1. The van der Waals surface area contributed by atoms with E-state index >= 15 is 0 Å². The molecular weight excluding hydrogens is 248 g/mol. The minimum absolute atomic E-state index is 0.176. The molecule has 1 N–H and O–H groups in total. The summed E-state index contributed by atoms with van der Waals surface area (Å²) < 4.78 is 5.32. The zero-order valence-corrected chi connectivity index (χ0v) is 11.6. The predicted molar refractivity (Wildman–Crippen MR) is 74.4 cm³/mol. The topological polar surface area (TPSA) is 45.3 Å². The lowest BCUT2D eigenvalue weighted by Crippen LogP contribution is -2.36. The van der Waals surface area contributed by atoms with Crippen LogP contribution in [0, 0.1) is 6.92 Å². The third-order valence-electron chi connectivity index (χ3n) is 3.27. The van der Waals surface area contributed by atoms with E-state index in [4.69, 9.17) is 4.74 Å². The van der Waals surface area contributed by atoms with Crippen LogP contribution in [-0.2, 0) is 11.2 Å². The first-order chi connectivity index (χ1) is 8.66. The van der Waals surface area contributed by atoms with Crippen molar-refractivity contribution in [1.29, 1.82) is 0 Å². The number of nitrogens with zero attached hydrogens (tertiary/aromatic N) is 1. The number of ether oxygens (including phenoxy) is 1. The Morgan fingerprint density at radius 3 is 2.89 bits per heavy atom. The summed E-state index contributed by atoms with van der Waals surface area (Å²) in [4.78, 5) is 16.8. The number of morpholine rings is 1. The van der Waals surface area contributed by atoms with E-state index < -0.39 is 0 Å². The van der Waals surface area contributed by atoms with E-state index in [-0.39, 0.29) is 5.12 Å². The first-order valence-corrected chi connectivity index (χ1v) is 6.83. The number of aryl methyl sites for hydroxylation is 2. The number of rotatable bonds is 5. The SMILES string of the molecule is Cc1cc(CCCN2CCOCC2)c(C(=O)S)[nH]1. The third kappa shape index (κ3) is 3.60. The van der Waals surface area contributed by atoms with E-state index in [1.807, 2.05) is 13.0 Å². The maximum atomic E-state index is 11.4. The minimum atomic E-state index is -0.176. The van der Waals surface area contributed by atoms with Gasteiger partial charge in [0.1, 0.15) is 0 Å². The van der Waals surface area contributed by atoms with E-state index in [2.05, 4.69) is 22.5 Å². The van der Waals surface area contributed by atoms with Crippen LogP contribution in [0.25, 0.3) is 0 Å². The van der Waals surface area contributed by atoms with Gasteiger partial charge in [0.15, 0.2) is 0 Å². The van der Waals surface area contributed by atoms with Crippen molar-refractivity contribution < 1.29 is 9.53 Å². The van der Waals surface area contributed by atoms with Gasteiger partial charge in [0, 0.05) is 18.8 Å². The second-order valence-electron chi connectivity index (χ2n) is 4.72. The lowest BCUT2D eigenvalue weighted by molar-refractivity contribution is 0.0374. The van der Waals surface area contributed by atoms with Crippen LogP contribution < -0.4 is 0 Å². The molecule has 1 aromatic rings. The molecule has 0 bridgehead atoms. The second kappa shape index (κ2) is 6.41. The lowest BCUT2D eigenvalue weighted by atomic mass is 10.1. The molecule has 0 saturated carbocycles. The molecule has 0 unspecified atom stereocenters. The van der Waals surface area contributed by atoms with Gasteiger partial charge in [-0.25, -0.2) is 0 Å². The average molecular weight is 268 g/mol. The fraction of sp³-hybridized carbons (Fsp3) is 0.615. The predicted octanol–water partition coefficient (Wildman–Crippen LogP) is 1.66. The maximum Gasteiger partial charge on any atom is 0.232 e. The largest absolute Gasteiger partial charge is 0.379 e. The lowest BCUT2D eigenvalue weighted by Gasteiger charge is -2.26. The molecule has 0 spiro atoms. The van der Waals surface area contributed by atoms with Crippen LogP contribution in [0.2, 0.25) is 0 Å². The van der Waals surface area contributed by atoms with Gasteiger partial charge >= 0.3 is 0 Å². The van der Waals surface area contributed by atoms with Crippen molar-refractivity contribution in [2.24, 2.45) is 0 Å². The molecule has 2 heterocycles. The van der Waals surface area contributed by atoms with Gasteiger partial charge in [-0.2, -0.15) is 0 Å². The highest BCUT2D eigenvalue weighted by atomic mass is 32.1. The number of H-pyrrole nitrogens is 1. The van der Waals surface area contributed by atoms with Gasteiger partial charge < -0.3 is 9.72 Å². The molecule has 1 aliphatic rings. The van der Waals surface area contributed by atoms with Gasteiger partial charge in [0.2, 0.25) is 5.12 Å². The first-order valence-electron chi connectivity index (χ1n) is 6.38. The van der Waals surface area contributed by atoms with Gasteiger partial charge in [-0.1, -0.05) is 12.6 Å². The number of nitrogens with one attached hydrogen (secondary N) is 1. The Morgan fingerprint density at radius 2 is 2.22 bits per heavy atom. The smallest absolute Gasteiger partial charge is 0.232 e. The molecule has 2 rings (SSSR count). The Morgan fingerprint density at radius 1 is 1.50 bits per heavy atom. The Bertz CT molecular complexity index is 411. The quantitative estimate of drug-likeness (QED) is 0.798. The number of aromatic nitrogens is 1. The van der Waals surface area contributed by atoms with Crippen LogP contribution in [-0.4, -0.2) is 47.8 Å². The highest BCUT2D eigenvalue weighted by molar-refractivity contribution is 7.97. The number of aromatic amines is 1. The maximum absolute atomic E-state index is 11.4. The van der Waals surface area contributed by atoms with Gasteiger partial charge in [-0.05, 0) is 37.9 Å². The zero-order chi connectivity index (χ0) is 13.0. The molecule has 0 atom stereocenters. The number of hydrogen-bond acceptors (Lipinski definition) is 3. The van der Waals surface area contributed by atoms with E-state index in [0.717, 1.165) is 56.9 Å². The van der Waals surface area contributed by atoms with Crippen molar-refractivity contribution in [3.63, 3.8) is 0 Å². The van der Waals surface area contributed by atoms with E-state index in [1.54, 1.807) is 0 Å². The summed E-state index contributed by atoms with van der Waals surface area (Å²) in [6.07, 6.45) is 1.98. The third-order valence-corrected chi connectivity index (χ3v) is 3.50. The summed E-state index contributed by atoms with van der Waals surface area (Å²) in [5.74, 6) is 0.